The smallest absolute Gasteiger partial charge is 0.194 e. The number of hydrogen-bond donors (Lipinski definition) is 1. The Morgan fingerprint density at radius 2 is 2.29 bits per heavy atom. The van der Waals surface area contributed by atoms with Gasteiger partial charge in [0.15, 0.2) is 17.9 Å². The standard InChI is InChI=1S/C12H16N2O3/c1-9-3-4-11(17-9)12-10(14-8-16-12)7-13-5-6-15-2/h3-4,8,13H,5-7H2,1-2H3. The van der Waals surface area contributed by atoms with Gasteiger partial charge in [0, 0.05) is 20.2 Å². The molecule has 0 aromatic carbocycles. The molecule has 0 saturated heterocycles. The molecule has 5 nitrogen and oxygen atoms in total. The van der Waals surface area contributed by atoms with Crippen LogP contribution < -0.4 is 5.32 Å². The van der Waals surface area contributed by atoms with Gasteiger partial charge in [-0.1, -0.05) is 0 Å². The van der Waals surface area contributed by atoms with Crippen LogP contribution in [0.2, 0.25) is 0 Å². The molecular formula is C12H16N2O3. The maximum Gasteiger partial charge on any atom is 0.194 e. The normalized spacial score (nSPS) is 10.9. The maximum atomic E-state index is 5.51. The Hall–Kier alpha value is -1.59. The van der Waals surface area contributed by atoms with Gasteiger partial charge < -0.3 is 18.9 Å². The number of methoxy groups -OCH3 is 1. The Labute approximate surface area is 99.8 Å². The first-order valence-corrected chi connectivity index (χ1v) is 5.50. The molecule has 0 unspecified atom stereocenters. The van der Waals surface area contributed by atoms with E-state index < -0.39 is 0 Å². The van der Waals surface area contributed by atoms with E-state index in [2.05, 4.69) is 10.3 Å². The van der Waals surface area contributed by atoms with Gasteiger partial charge in [-0.3, -0.25) is 0 Å². The number of nitrogens with one attached hydrogen (secondary N) is 1. The Balaban J connectivity index is 2.02. The maximum absolute atomic E-state index is 5.51. The summed E-state index contributed by atoms with van der Waals surface area (Å²) in [6, 6.07) is 3.79. The fraction of sp³-hybridized carbons (Fsp3) is 0.417. The third-order valence-electron chi connectivity index (χ3n) is 2.38. The number of furan rings is 1. The van der Waals surface area contributed by atoms with Crippen LogP contribution in [-0.4, -0.2) is 25.2 Å². The van der Waals surface area contributed by atoms with Gasteiger partial charge in [-0.05, 0) is 19.1 Å². The second kappa shape index (κ2) is 5.65. The SMILES string of the molecule is COCCNCc1ncoc1-c1ccc(C)o1. The van der Waals surface area contributed by atoms with E-state index in [0.717, 1.165) is 18.0 Å². The fourth-order valence-electron chi connectivity index (χ4n) is 1.53. The van der Waals surface area contributed by atoms with E-state index in [1.165, 1.54) is 6.39 Å². The van der Waals surface area contributed by atoms with E-state index in [4.69, 9.17) is 13.6 Å². The zero-order valence-corrected chi connectivity index (χ0v) is 10.0. The highest BCUT2D eigenvalue weighted by Crippen LogP contribution is 2.24. The third-order valence-corrected chi connectivity index (χ3v) is 2.38. The van der Waals surface area contributed by atoms with Crippen molar-refractivity contribution in [2.75, 3.05) is 20.3 Å². The van der Waals surface area contributed by atoms with E-state index >= 15 is 0 Å². The Morgan fingerprint density at radius 1 is 1.41 bits per heavy atom. The van der Waals surface area contributed by atoms with Crippen molar-refractivity contribution in [1.29, 1.82) is 0 Å². The number of aryl methyl sites for hydroxylation is 1. The van der Waals surface area contributed by atoms with Crippen LogP contribution in [0, 0.1) is 6.92 Å². The van der Waals surface area contributed by atoms with Gasteiger partial charge in [0.25, 0.3) is 0 Å². The van der Waals surface area contributed by atoms with Crippen LogP contribution in [0.3, 0.4) is 0 Å². The molecule has 0 spiro atoms. The second-order valence-electron chi connectivity index (χ2n) is 3.71. The molecule has 17 heavy (non-hydrogen) atoms. The summed E-state index contributed by atoms with van der Waals surface area (Å²) in [6.07, 6.45) is 1.43. The van der Waals surface area contributed by atoms with Crippen LogP contribution in [0.15, 0.2) is 27.4 Å². The average Bonchev–Trinajstić information content (AvgIpc) is 2.93. The van der Waals surface area contributed by atoms with Crippen molar-refractivity contribution in [1.82, 2.24) is 10.3 Å². The van der Waals surface area contributed by atoms with Crippen LogP contribution in [0.1, 0.15) is 11.5 Å². The van der Waals surface area contributed by atoms with Crippen molar-refractivity contribution in [3.05, 3.63) is 30.0 Å². The van der Waals surface area contributed by atoms with Gasteiger partial charge >= 0.3 is 0 Å². The molecule has 2 rings (SSSR count). The molecule has 0 saturated carbocycles. The molecule has 0 aliphatic rings. The van der Waals surface area contributed by atoms with Crippen LogP contribution in [0.5, 0.6) is 0 Å². The predicted molar refractivity (Wildman–Crippen MR) is 62.5 cm³/mol. The summed E-state index contributed by atoms with van der Waals surface area (Å²) in [5.41, 5.74) is 0.843. The Kier molecular flexibility index (Phi) is 3.95. The summed E-state index contributed by atoms with van der Waals surface area (Å²) < 4.78 is 15.8. The van der Waals surface area contributed by atoms with E-state index in [0.29, 0.717) is 24.7 Å². The highest BCUT2D eigenvalue weighted by atomic mass is 16.5. The Morgan fingerprint density at radius 3 is 3.00 bits per heavy atom. The molecule has 0 radical (unpaired) electrons. The molecule has 0 fully saturated rings. The number of aromatic nitrogens is 1. The number of hydrogen-bond acceptors (Lipinski definition) is 5. The van der Waals surface area contributed by atoms with Crippen molar-refractivity contribution in [2.45, 2.75) is 13.5 Å². The van der Waals surface area contributed by atoms with Crippen molar-refractivity contribution in [3.63, 3.8) is 0 Å². The van der Waals surface area contributed by atoms with Crippen molar-refractivity contribution in [2.24, 2.45) is 0 Å². The van der Waals surface area contributed by atoms with Gasteiger partial charge in [0.05, 0.1) is 6.61 Å². The quantitative estimate of drug-likeness (QED) is 0.777. The Bertz CT molecular complexity index is 462. The van der Waals surface area contributed by atoms with E-state index in [1.54, 1.807) is 7.11 Å². The molecule has 2 heterocycles. The number of nitrogens with zero attached hydrogens (tertiary/aromatic N) is 1. The minimum atomic E-state index is 0.634. The summed E-state index contributed by atoms with van der Waals surface area (Å²) in [5.74, 6) is 2.25. The van der Waals surface area contributed by atoms with Crippen LogP contribution in [-0.2, 0) is 11.3 Å². The predicted octanol–water partition coefficient (Wildman–Crippen LogP) is 1.98. The van der Waals surface area contributed by atoms with Crippen molar-refractivity contribution >= 4 is 0 Å². The lowest BCUT2D eigenvalue weighted by molar-refractivity contribution is 0.199. The van der Waals surface area contributed by atoms with Gasteiger partial charge in [-0.15, -0.1) is 0 Å². The lowest BCUT2D eigenvalue weighted by Gasteiger charge is -2.02. The number of ether oxygens (including phenoxy) is 1. The highest BCUT2D eigenvalue weighted by Gasteiger charge is 2.13. The molecule has 2 aromatic heterocycles. The number of oxazole rings is 1. The molecule has 2 aromatic rings. The highest BCUT2D eigenvalue weighted by molar-refractivity contribution is 5.52. The molecule has 0 amide bonds. The van der Waals surface area contributed by atoms with Crippen LogP contribution in [0.25, 0.3) is 11.5 Å². The zero-order chi connectivity index (χ0) is 12.1. The molecule has 0 aliphatic heterocycles. The summed E-state index contributed by atoms with van der Waals surface area (Å²) in [7, 11) is 1.68. The summed E-state index contributed by atoms with van der Waals surface area (Å²) in [4.78, 5) is 4.17. The summed E-state index contributed by atoms with van der Waals surface area (Å²) in [6.45, 7) is 3.98. The van der Waals surface area contributed by atoms with E-state index in [1.807, 2.05) is 19.1 Å². The zero-order valence-electron chi connectivity index (χ0n) is 10.0. The third kappa shape index (κ3) is 2.95. The fourth-order valence-corrected chi connectivity index (χ4v) is 1.53. The topological polar surface area (TPSA) is 60.4 Å². The van der Waals surface area contributed by atoms with Crippen molar-refractivity contribution in [3.8, 4) is 11.5 Å². The van der Waals surface area contributed by atoms with Crippen molar-refractivity contribution < 1.29 is 13.6 Å². The second-order valence-corrected chi connectivity index (χ2v) is 3.71. The van der Waals surface area contributed by atoms with E-state index in [9.17, 15) is 0 Å². The molecule has 0 aliphatic carbocycles. The first kappa shape index (κ1) is 11.9. The molecule has 0 bridgehead atoms. The molecular weight excluding hydrogens is 220 g/mol. The molecule has 1 N–H and O–H groups in total. The lowest BCUT2D eigenvalue weighted by Crippen LogP contribution is -2.19. The van der Waals surface area contributed by atoms with Gasteiger partial charge in [0.1, 0.15) is 11.5 Å². The molecule has 0 atom stereocenters. The van der Waals surface area contributed by atoms with E-state index in [-0.39, 0.29) is 0 Å². The first-order valence-electron chi connectivity index (χ1n) is 5.50. The minimum absolute atomic E-state index is 0.634. The van der Waals surface area contributed by atoms with Gasteiger partial charge in [-0.2, -0.15) is 0 Å². The summed E-state index contributed by atoms with van der Waals surface area (Å²) >= 11 is 0. The minimum Gasteiger partial charge on any atom is -0.458 e. The van der Waals surface area contributed by atoms with Gasteiger partial charge in [0.2, 0.25) is 0 Å². The van der Waals surface area contributed by atoms with Crippen LogP contribution >= 0.6 is 0 Å². The van der Waals surface area contributed by atoms with Gasteiger partial charge in [-0.25, -0.2) is 4.98 Å². The largest absolute Gasteiger partial charge is 0.458 e. The monoisotopic (exact) mass is 236 g/mol. The lowest BCUT2D eigenvalue weighted by atomic mass is 10.3. The summed E-state index contributed by atoms with van der Waals surface area (Å²) in [5, 5.41) is 3.22. The number of rotatable bonds is 6. The molecule has 5 heteroatoms. The average molecular weight is 236 g/mol. The first-order chi connectivity index (χ1) is 8.31. The molecule has 92 valence electrons. The van der Waals surface area contributed by atoms with Crippen LogP contribution in [0.4, 0.5) is 0 Å².